The molecule has 0 bridgehead atoms. The van der Waals surface area contributed by atoms with Gasteiger partial charge in [0.15, 0.2) is 0 Å². The first-order chi connectivity index (χ1) is 12.6. The number of carbonyl (C=O) groups is 2. The third kappa shape index (κ3) is 6.37. The Morgan fingerprint density at radius 1 is 1.33 bits per heavy atom. The molecule has 0 aromatic heterocycles. The first kappa shape index (κ1) is 21.5. The van der Waals surface area contributed by atoms with Crippen molar-refractivity contribution in [1.82, 2.24) is 9.80 Å². The molecular formula is C17H21ClF3N3O3. The first-order valence-corrected chi connectivity index (χ1v) is 8.75. The van der Waals surface area contributed by atoms with Crippen molar-refractivity contribution >= 4 is 29.1 Å². The van der Waals surface area contributed by atoms with Gasteiger partial charge in [-0.05, 0) is 31.0 Å². The van der Waals surface area contributed by atoms with Gasteiger partial charge in [-0.1, -0.05) is 11.6 Å². The molecule has 0 saturated carbocycles. The van der Waals surface area contributed by atoms with Crippen LogP contribution in [-0.2, 0) is 15.8 Å². The summed E-state index contributed by atoms with van der Waals surface area (Å²) >= 11 is 5.54. The number of benzene rings is 1. The summed E-state index contributed by atoms with van der Waals surface area (Å²) in [6.45, 7) is 1.02. The van der Waals surface area contributed by atoms with Gasteiger partial charge in [-0.25, -0.2) is 0 Å². The Morgan fingerprint density at radius 2 is 1.96 bits per heavy atom. The van der Waals surface area contributed by atoms with E-state index < -0.39 is 22.7 Å². The van der Waals surface area contributed by atoms with Crippen LogP contribution in [0.2, 0.25) is 5.02 Å². The predicted molar refractivity (Wildman–Crippen MR) is 94.4 cm³/mol. The molecule has 10 heteroatoms. The van der Waals surface area contributed by atoms with Gasteiger partial charge in [0, 0.05) is 25.8 Å². The lowest BCUT2D eigenvalue weighted by molar-refractivity contribution is -0.137. The number of piperidine rings is 1. The number of aliphatic hydroxyl groups excluding tert-OH is 1. The van der Waals surface area contributed by atoms with E-state index in [-0.39, 0.29) is 30.8 Å². The van der Waals surface area contributed by atoms with E-state index in [1.54, 1.807) is 0 Å². The summed E-state index contributed by atoms with van der Waals surface area (Å²) in [5, 5.41) is 11.3. The molecule has 0 radical (unpaired) electrons. The molecular weight excluding hydrogens is 387 g/mol. The van der Waals surface area contributed by atoms with E-state index in [0.29, 0.717) is 25.9 Å². The molecule has 1 saturated heterocycles. The number of aliphatic hydroxyl groups is 1. The molecule has 1 aromatic rings. The topological polar surface area (TPSA) is 72.9 Å². The number of rotatable bonds is 5. The number of nitrogens with one attached hydrogen (secondary N) is 1. The Bertz CT molecular complexity index is 692. The van der Waals surface area contributed by atoms with E-state index in [9.17, 15) is 27.9 Å². The number of halogens is 4. The Balaban J connectivity index is 1.88. The second-order valence-electron chi connectivity index (χ2n) is 6.50. The second kappa shape index (κ2) is 8.90. The minimum Gasteiger partial charge on any atom is -0.393 e. The standard InChI is InChI=1S/C17H21ClF3N3O3/c1-23(16(27)10-24-6-4-12(25)5-7-24)9-15(26)22-11-2-3-14(18)13(8-11)17(19,20)21/h2-3,8,12,25H,4-7,9-10H2,1H3,(H,22,26). The maximum Gasteiger partial charge on any atom is 0.417 e. The molecule has 0 aliphatic carbocycles. The zero-order chi connectivity index (χ0) is 20.2. The number of likely N-dealkylation sites (tertiary alicyclic amines) is 1. The van der Waals surface area contributed by atoms with E-state index in [1.807, 2.05) is 4.90 Å². The number of likely N-dealkylation sites (N-methyl/N-ethyl adjacent to an activating group) is 1. The number of nitrogens with zero attached hydrogens (tertiary/aromatic N) is 2. The van der Waals surface area contributed by atoms with Crippen molar-refractivity contribution in [2.45, 2.75) is 25.1 Å². The molecule has 2 amide bonds. The lowest BCUT2D eigenvalue weighted by Crippen LogP contribution is -2.44. The molecule has 1 aliphatic rings. The van der Waals surface area contributed by atoms with Crippen molar-refractivity contribution < 1.29 is 27.9 Å². The summed E-state index contributed by atoms with van der Waals surface area (Å²) < 4.78 is 38.6. The lowest BCUT2D eigenvalue weighted by atomic mass is 10.1. The van der Waals surface area contributed by atoms with Crippen molar-refractivity contribution in [3.8, 4) is 0 Å². The Hall–Kier alpha value is -1.84. The molecule has 2 N–H and O–H groups in total. The zero-order valence-electron chi connectivity index (χ0n) is 14.7. The van der Waals surface area contributed by atoms with Crippen molar-refractivity contribution in [3.05, 3.63) is 28.8 Å². The van der Waals surface area contributed by atoms with E-state index in [4.69, 9.17) is 11.6 Å². The van der Waals surface area contributed by atoms with Crippen LogP contribution in [0.4, 0.5) is 18.9 Å². The minimum atomic E-state index is -4.63. The molecule has 1 aliphatic heterocycles. The number of amides is 2. The molecule has 2 rings (SSSR count). The maximum absolute atomic E-state index is 12.9. The summed E-state index contributed by atoms with van der Waals surface area (Å²) in [5.41, 5.74) is -1.10. The quantitative estimate of drug-likeness (QED) is 0.785. The molecule has 0 atom stereocenters. The third-order valence-electron chi connectivity index (χ3n) is 4.28. The molecule has 150 valence electrons. The number of alkyl halides is 3. The fourth-order valence-electron chi connectivity index (χ4n) is 2.71. The highest BCUT2D eigenvalue weighted by molar-refractivity contribution is 6.31. The van der Waals surface area contributed by atoms with E-state index in [0.717, 1.165) is 12.1 Å². The molecule has 0 unspecified atom stereocenters. The van der Waals surface area contributed by atoms with Crippen molar-refractivity contribution in [3.63, 3.8) is 0 Å². The molecule has 1 heterocycles. The fraction of sp³-hybridized carbons (Fsp3) is 0.529. The largest absolute Gasteiger partial charge is 0.417 e. The van der Waals surface area contributed by atoms with E-state index >= 15 is 0 Å². The predicted octanol–water partition coefficient (Wildman–Crippen LogP) is 2.21. The number of hydrogen-bond donors (Lipinski definition) is 2. The summed E-state index contributed by atoms with van der Waals surface area (Å²) in [6, 6.07) is 3.07. The van der Waals surface area contributed by atoms with Gasteiger partial charge < -0.3 is 15.3 Å². The van der Waals surface area contributed by atoms with Gasteiger partial charge in [0.05, 0.1) is 29.8 Å². The smallest absolute Gasteiger partial charge is 0.393 e. The van der Waals surface area contributed by atoms with Crippen LogP contribution in [-0.4, -0.2) is 66.1 Å². The molecule has 27 heavy (non-hydrogen) atoms. The average molecular weight is 408 g/mol. The van der Waals surface area contributed by atoms with Crippen LogP contribution in [0.5, 0.6) is 0 Å². The highest BCUT2D eigenvalue weighted by Crippen LogP contribution is 2.36. The van der Waals surface area contributed by atoms with Crippen LogP contribution in [0.15, 0.2) is 18.2 Å². The average Bonchev–Trinajstić information content (AvgIpc) is 2.57. The van der Waals surface area contributed by atoms with Crippen LogP contribution < -0.4 is 5.32 Å². The van der Waals surface area contributed by atoms with Gasteiger partial charge >= 0.3 is 6.18 Å². The first-order valence-electron chi connectivity index (χ1n) is 8.37. The van der Waals surface area contributed by atoms with Gasteiger partial charge in [-0.2, -0.15) is 13.2 Å². The van der Waals surface area contributed by atoms with Gasteiger partial charge in [-0.3, -0.25) is 14.5 Å². The monoisotopic (exact) mass is 407 g/mol. The Kier molecular flexibility index (Phi) is 7.07. The summed E-state index contributed by atoms with van der Waals surface area (Å²) in [4.78, 5) is 27.3. The maximum atomic E-state index is 12.9. The molecule has 1 fully saturated rings. The molecule has 0 spiro atoms. The minimum absolute atomic E-state index is 0.0532. The van der Waals surface area contributed by atoms with Crippen LogP contribution in [0.1, 0.15) is 18.4 Å². The van der Waals surface area contributed by atoms with E-state index in [2.05, 4.69) is 5.32 Å². The lowest BCUT2D eigenvalue weighted by Gasteiger charge is -2.30. The van der Waals surface area contributed by atoms with Crippen molar-refractivity contribution in [2.75, 3.05) is 38.5 Å². The van der Waals surface area contributed by atoms with Gasteiger partial charge in [-0.15, -0.1) is 0 Å². The normalized spacial score (nSPS) is 16.2. The second-order valence-corrected chi connectivity index (χ2v) is 6.90. The third-order valence-corrected chi connectivity index (χ3v) is 4.61. The SMILES string of the molecule is CN(CC(=O)Nc1ccc(Cl)c(C(F)(F)F)c1)C(=O)CN1CCC(O)CC1. The van der Waals surface area contributed by atoms with Crippen molar-refractivity contribution in [2.24, 2.45) is 0 Å². The van der Waals surface area contributed by atoms with Crippen molar-refractivity contribution in [1.29, 1.82) is 0 Å². The number of anilines is 1. The van der Waals surface area contributed by atoms with Gasteiger partial charge in [0.25, 0.3) is 0 Å². The summed E-state index contributed by atoms with van der Waals surface area (Å²) in [5.74, 6) is -0.899. The van der Waals surface area contributed by atoms with Crippen LogP contribution in [0.25, 0.3) is 0 Å². The van der Waals surface area contributed by atoms with Gasteiger partial charge in [0.2, 0.25) is 11.8 Å². The van der Waals surface area contributed by atoms with Gasteiger partial charge in [0.1, 0.15) is 0 Å². The Morgan fingerprint density at radius 3 is 2.56 bits per heavy atom. The van der Waals surface area contributed by atoms with Crippen LogP contribution in [0.3, 0.4) is 0 Å². The van der Waals surface area contributed by atoms with E-state index in [1.165, 1.54) is 18.0 Å². The highest BCUT2D eigenvalue weighted by atomic mass is 35.5. The Labute approximate surface area is 159 Å². The van der Waals surface area contributed by atoms with Crippen LogP contribution in [0, 0.1) is 0 Å². The van der Waals surface area contributed by atoms with Crippen LogP contribution >= 0.6 is 11.6 Å². The fourth-order valence-corrected chi connectivity index (χ4v) is 2.94. The highest BCUT2D eigenvalue weighted by Gasteiger charge is 2.33. The number of carbonyl (C=O) groups excluding carboxylic acids is 2. The molecule has 1 aromatic carbocycles. The summed E-state index contributed by atoms with van der Waals surface area (Å²) in [7, 11) is 1.45. The zero-order valence-corrected chi connectivity index (χ0v) is 15.5. The molecule has 6 nitrogen and oxygen atoms in total. The number of hydrogen-bond acceptors (Lipinski definition) is 4. The summed E-state index contributed by atoms with van der Waals surface area (Å²) in [6.07, 6.45) is -3.79.